The summed E-state index contributed by atoms with van der Waals surface area (Å²) in [6, 6.07) is 66.4. The molecule has 0 saturated carbocycles. The molecule has 0 saturated heterocycles. The molecule has 9 aromatic carbocycles. The van der Waals surface area contributed by atoms with Crippen LogP contribution in [0.2, 0.25) is 0 Å². The van der Waals surface area contributed by atoms with Crippen LogP contribution in [0, 0.1) is 17.5 Å². The Bertz CT molecular complexity index is 3170. The molecule has 5 heteroatoms. The molecule has 9 aromatic rings. The highest BCUT2D eigenvalue weighted by Gasteiger charge is 2.18. The number of hydrogen-bond donors (Lipinski definition) is 0. The van der Waals surface area contributed by atoms with E-state index in [9.17, 15) is 0 Å². The van der Waals surface area contributed by atoms with Gasteiger partial charge >= 0.3 is 0 Å². The van der Waals surface area contributed by atoms with Crippen molar-refractivity contribution >= 4 is 17.8 Å². The normalized spacial score (nSPS) is 11.6. The zero-order valence-electron chi connectivity index (χ0n) is 51.5. The number of hydrogen-bond acceptors (Lipinski definition) is 1. The van der Waals surface area contributed by atoms with Crippen molar-refractivity contribution in [3.05, 3.63) is 251 Å². The minimum absolute atomic E-state index is 0.198. The van der Waals surface area contributed by atoms with Crippen molar-refractivity contribution < 1.29 is 13.2 Å². The highest BCUT2D eigenvalue weighted by Crippen LogP contribution is 2.49. The molecule has 0 aromatic heterocycles. The largest absolute Gasteiger partial charge is 0.206 e. The quantitative estimate of drug-likeness (QED) is 0.0292. The van der Waals surface area contributed by atoms with Gasteiger partial charge in [-0.3, -0.25) is 0 Å². The smallest absolute Gasteiger partial charge is 0.131 e. The number of aryl methyl sites for hydroxylation is 6. The molecule has 86 heavy (non-hydrogen) atoms. The summed E-state index contributed by atoms with van der Waals surface area (Å²) in [5, 5.41) is 0. The van der Waals surface area contributed by atoms with E-state index in [1.807, 2.05) is 36.4 Å². The van der Waals surface area contributed by atoms with E-state index in [4.69, 9.17) is 11.8 Å². The van der Waals surface area contributed by atoms with Crippen molar-refractivity contribution in [1.29, 1.82) is 0 Å². The Labute approximate surface area is 519 Å². The second-order valence-electron chi connectivity index (χ2n) is 24.2. The molecule has 0 spiro atoms. The van der Waals surface area contributed by atoms with E-state index in [0.29, 0.717) is 16.7 Å². The van der Waals surface area contributed by atoms with Crippen molar-refractivity contribution in [3.8, 4) is 66.8 Å². The maximum atomic E-state index is 15.7. The van der Waals surface area contributed by atoms with Crippen LogP contribution in [-0.2, 0) is 50.3 Å². The first-order chi connectivity index (χ1) is 42.1. The van der Waals surface area contributed by atoms with Crippen LogP contribution in [0.15, 0.2) is 200 Å². The first-order valence-electron chi connectivity index (χ1n) is 32.6. The molecule has 0 aliphatic heterocycles. The van der Waals surface area contributed by atoms with E-state index < -0.39 is 6.04 Å². The van der Waals surface area contributed by atoms with Gasteiger partial charge in [0.05, 0.1) is 0 Å². The first kappa shape index (κ1) is 63.9. The van der Waals surface area contributed by atoms with Gasteiger partial charge in [-0.2, -0.15) is 0 Å². The number of benzene rings is 9. The van der Waals surface area contributed by atoms with E-state index in [0.717, 1.165) is 146 Å². The van der Waals surface area contributed by atoms with Crippen molar-refractivity contribution in [1.82, 2.24) is 0 Å². The third-order valence-corrected chi connectivity index (χ3v) is 22.7. The molecule has 0 nitrogen and oxygen atoms in total. The summed E-state index contributed by atoms with van der Waals surface area (Å²) in [4.78, 5) is 0. The average Bonchev–Trinajstić information content (AvgIpc) is 3.32. The van der Waals surface area contributed by atoms with Gasteiger partial charge < -0.3 is 0 Å². The van der Waals surface area contributed by atoms with Gasteiger partial charge in [0.15, 0.2) is 0 Å². The first-order valence-corrected chi connectivity index (χ1v) is 35.9. The Kier molecular flexibility index (Phi) is 24.5. The van der Waals surface area contributed by atoms with Crippen LogP contribution in [-0.4, -0.2) is 18.5 Å². The SMILES string of the molecule is CCCCCc1ccc(-c2ccc(-c3ccc(CCCCP(=S)(CCCCc4ccc(-c5ccc(-c6ccc(CCCCC)cc6)cc5F)cc4)CCCCc4ccc(-c5ccc(-c6ccc(CCCCC)cc6)cc5F)cc4)cc3)c(F)c2)cc1. The highest BCUT2D eigenvalue weighted by atomic mass is 32.4. The maximum Gasteiger partial charge on any atom is 0.131 e. The molecule has 0 aliphatic rings. The Morgan fingerprint density at radius 1 is 0.244 bits per heavy atom. The summed E-state index contributed by atoms with van der Waals surface area (Å²) in [6.45, 7) is 6.68. The molecule has 0 fully saturated rings. The maximum absolute atomic E-state index is 15.7. The minimum atomic E-state index is -1.64. The lowest BCUT2D eigenvalue weighted by Gasteiger charge is -2.22. The van der Waals surface area contributed by atoms with Gasteiger partial charge in [-0.25, -0.2) is 13.2 Å². The molecule has 0 amide bonds. The van der Waals surface area contributed by atoms with Crippen LogP contribution in [0.3, 0.4) is 0 Å². The zero-order valence-corrected chi connectivity index (χ0v) is 53.2. The molecule has 0 aliphatic carbocycles. The molecular weight excluding hydrogens is 1090 g/mol. The number of halogens is 3. The van der Waals surface area contributed by atoms with Crippen LogP contribution < -0.4 is 0 Å². The molecule has 0 atom stereocenters. The molecular formula is C81H90F3PS. The summed E-state index contributed by atoms with van der Waals surface area (Å²) >= 11 is 6.74. The van der Waals surface area contributed by atoms with Gasteiger partial charge in [0.25, 0.3) is 0 Å². The van der Waals surface area contributed by atoms with Crippen molar-refractivity contribution in [2.75, 3.05) is 18.5 Å². The molecule has 0 bridgehead atoms. The minimum Gasteiger partial charge on any atom is -0.206 e. The molecule has 0 unspecified atom stereocenters. The fraction of sp³-hybridized carbons (Fsp3) is 0.333. The summed E-state index contributed by atoms with van der Waals surface area (Å²) < 4.78 is 47.0. The fourth-order valence-electron chi connectivity index (χ4n) is 12.2. The molecule has 9 rings (SSSR count). The summed E-state index contributed by atoms with van der Waals surface area (Å²) in [5.41, 5.74) is 18.2. The predicted molar refractivity (Wildman–Crippen MR) is 369 cm³/mol. The van der Waals surface area contributed by atoms with Crippen molar-refractivity contribution in [2.45, 2.75) is 156 Å². The summed E-state index contributed by atoms with van der Waals surface area (Å²) in [7, 11) is 0. The van der Waals surface area contributed by atoms with Crippen molar-refractivity contribution in [3.63, 3.8) is 0 Å². The third-order valence-electron chi connectivity index (χ3n) is 17.6. The predicted octanol–water partition coefficient (Wildman–Crippen LogP) is 24.2. The molecule has 0 N–H and O–H groups in total. The van der Waals surface area contributed by atoms with Crippen LogP contribution in [0.25, 0.3) is 66.8 Å². The Balaban J connectivity index is 0.779. The Morgan fingerprint density at radius 3 is 0.651 bits per heavy atom. The van der Waals surface area contributed by atoms with E-state index in [1.54, 1.807) is 18.2 Å². The monoisotopic (exact) mass is 1180 g/mol. The third kappa shape index (κ3) is 18.7. The van der Waals surface area contributed by atoms with Crippen LogP contribution >= 0.6 is 6.04 Å². The lowest BCUT2D eigenvalue weighted by Crippen LogP contribution is -2.03. The molecule has 0 heterocycles. The van der Waals surface area contributed by atoms with Gasteiger partial charge in [0.1, 0.15) is 17.5 Å². The fourth-order valence-corrected chi connectivity index (χ4v) is 16.4. The number of rotatable bonds is 33. The van der Waals surface area contributed by atoms with Crippen molar-refractivity contribution in [2.24, 2.45) is 0 Å². The van der Waals surface area contributed by atoms with Crippen LogP contribution in [0.1, 0.15) is 150 Å². The van der Waals surface area contributed by atoms with Gasteiger partial charge in [-0.05, 0) is 222 Å². The second-order valence-corrected chi connectivity index (χ2v) is 30.0. The second kappa shape index (κ2) is 33.0. The van der Waals surface area contributed by atoms with E-state index in [2.05, 4.69) is 166 Å². The highest BCUT2D eigenvalue weighted by molar-refractivity contribution is 8.14. The zero-order chi connectivity index (χ0) is 59.9. The van der Waals surface area contributed by atoms with Gasteiger partial charge in [-0.15, -0.1) is 0 Å². The van der Waals surface area contributed by atoms with E-state index >= 15 is 13.2 Å². The Hall–Kier alpha value is -6.58. The summed E-state index contributed by atoms with van der Waals surface area (Å²) in [6.07, 6.45) is 27.0. The standard InChI is InChI=1S/C81H90F3PS/c1-4-7-10-19-61-25-37-67(38-26-61)73-49-52-76(79(82)58-73)70-43-31-64(32-44-70)22-13-16-55-85(86,56-17-14-23-65-33-45-71(46-34-65)77-53-50-74(59-80(77)83)68-39-27-62(28-40-68)20-11-8-5-2)57-18-15-24-66-35-47-72(48-36-66)78-54-51-75(60-81(78)84)69-41-29-63(30-42-69)21-12-9-6-3/h25-54,58-60H,4-24,55-57H2,1-3H3. The average molecular weight is 1180 g/mol. The number of unbranched alkanes of at least 4 members (excludes halogenated alkanes) is 9. The van der Waals surface area contributed by atoms with Gasteiger partial charge in [0.2, 0.25) is 0 Å². The topological polar surface area (TPSA) is 0 Å². The van der Waals surface area contributed by atoms with Gasteiger partial charge in [0, 0.05) is 16.7 Å². The molecule has 446 valence electrons. The van der Waals surface area contributed by atoms with Crippen LogP contribution in [0.4, 0.5) is 13.2 Å². The Morgan fingerprint density at radius 2 is 0.442 bits per heavy atom. The lowest BCUT2D eigenvalue weighted by atomic mass is 9.97. The van der Waals surface area contributed by atoms with E-state index in [-0.39, 0.29) is 17.5 Å². The van der Waals surface area contributed by atoms with Crippen LogP contribution in [0.5, 0.6) is 0 Å². The van der Waals surface area contributed by atoms with Gasteiger partial charge in [-0.1, -0.05) is 253 Å². The summed E-state index contributed by atoms with van der Waals surface area (Å²) in [5.74, 6) is -0.594. The lowest BCUT2D eigenvalue weighted by molar-refractivity contribution is 0.631. The molecule has 0 radical (unpaired) electrons. The van der Waals surface area contributed by atoms with E-state index in [1.165, 1.54) is 91.2 Å².